The van der Waals surface area contributed by atoms with E-state index in [-0.39, 0.29) is 0 Å². The van der Waals surface area contributed by atoms with Gasteiger partial charge in [0, 0.05) is 52.4 Å². The summed E-state index contributed by atoms with van der Waals surface area (Å²) in [6.07, 6.45) is 0. The van der Waals surface area contributed by atoms with Crippen molar-refractivity contribution in [2.75, 3.05) is 60.0 Å². The number of hydrogen-bond acceptors (Lipinski definition) is 4. The lowest BCUT2D eigenvalue weighted by Gasteiger charge is -2.34. The summed E-state index contributed by atoms with van der Waals surface area (Å²) >= 11 is 0. The number of hydrogen-bond donors (Lipinski definition) is 1. The first-order valence-electron chi connectivity index (χ1n) is 6.77. The number of nitrogens with zero attached hydrogens (tertiary/aromatic N) is 2. The first kappa shape index (κ1) is 14.9. The highest BCUT2D eigenvalue weighted by atomic mass is 16.5. The molecule has 1 fully saturated rings. The Morgan fingerprint density at radius 3 is 2.47 bits per heavy atom. The number of likely N-dealkylation sites (N-methyl/N-ethyl adjacent to an activating group) is 1. The van der Waals surface area contributed by atoms with Gasteiger partial charge in [-0.05, 0) is 13.0 Å². The predicted molar refractivity (Wildman–Crippen MR) is 72.4 cm³/mol. The van der Waals surface area contributed by atoms with Gasteiger partial charge in [0.1, 0.15) is 0 Å². The zero-order chi connectivity index (χ0) is 12.7. The van der Waals surface area contributed by atoms with Gasteiger partial charge in [-0.25, -0.2) is 0 Å². The number of methoxy groups -OCH3 is 1. The number of piperazine rings is 1. The molecule has 4 heteroatoms. The third-order valence-corrected chi connectivity index (χ3v) is 3.65. The van der Waals surface area contributed by atoms with Crippen molar-refractivity contribution in [3.05, 3.63) is 0 Å². The first-order chi connectivity index (χ1) is 8.15. The molecule has 1 N–H and O–H groups in total. The fourth-order valence-electron chi connectivity index (χ4n) is 2.40. The van der Waals surface area contributed by atoms with Gasteiger partial charge in [-0.3, -0.25) is 9.80 Å². The number of rotatable bonds is 7. The quantitative estimate of drug-likeness (QED) is 0.704. The lowest BCUT2D eigenvalue weighted by molar-refractivity contribution is 0.0722. The Kier molecular flexibility index (Phi) is 7.04. The van der Waals surface area contributed by atoms with Crippen LogP contribution in [0.3, 0.4) is 0 Å². The van der Waals surface area contributed by atoms with Crippen LogP contribution in [0.4, 0.5) is 0 Å². The zero-order valence-electron chi connectivity index (χ0n) is 11.9. The summed E-state index contributed by atoms with van der Waals surface area (Å²) in [5, 5.41) is 3.39. The topological polar surface area (TPSA) is 27.7 Å². The van der Waals surface area contributed by atoms with Gasteiger partial charge in [0.2, 0.25) is 0 Å². The maximum atomic E-state index is 5.31. The molecular weight excluding hydrogens is 214 g/mol. The van der Waals surface area contributed by atoms with Crippen molar-refractivity contribution in [2.45, 2.75) is 19.9 Å². The van der Waals surface area contributed by atoms with Crippen LogP contribution in [0.2, 0.25) is 0 Å². The van der Waals surface area contributed by atoms with Crippen LogP contribution in [0, 0.1) is 5.92 Å². The van der Waals surface area contributed by atoms with E-state index in [2.05, 4.69) is 36.0 Å². The first-order valence-corrected chi connectivity index (χ1v) is 6.77. The molecule has 1 aliphatic rings. The average Bonchev–Trinajstić information content (AvgIpc) is 2.34. The van der Waals surface area contributed by atoms with Crippen LogP contribution in [0.1, 0.15) is 13.8 Å². The molecule has 1 saturated heterocycles. The minimum atomic E-state index is 0.530. The van der Waals surface area contributed by atoms with Gasteiger partial charge in [0.25, 0.3) is 0 Å². The third-order valence-electron chi connectivity index (χ3n) is 3.65. The van der Waals surface area contributed by atoms with E-state index < -0.39 is 0 Å². The molecule has 0 amide bonds. The highest BCUT2D eigenvalue weighted by molar-refractivity contribution is 4.74. The molecule has 0 aromatic carbocycles. The minimum Gasteiger partial charge on any atom is -0.383 e. The molecule has 4 nitrogen and oxygen atoms in total. The molecule has 0 aromatic heterocycles. The molecule has 1 unspecified atom stereocenters. The molecule has 0 spiro atoms. The molecule has 102 valence electrons. The summed E-state index contributed by atoms with van der Waals surface area (Å²) in [6.45, 7) is 12.3. The highest BCUT2D eigenvalue weighted by Crippen LogP contribution is 2.09. The Bertz CT molecular complexity index is 193. The Balaban J connectivity index is 2.27. The molecule has 1 rings (SSSR count). The molecule has 1 aliphatic heterocycles. The molecule has 0 radical (unpaired) electrons. The van der Waals surface area contributed by atoms with Crippen molar-refractivity contribution in [3.63, 3.8) is 0 Å². The van der Waals surface area contributed by atoms with Gasteiger partial charge in [-0.2, -0.15) is 0 Å². The van der Waals surface area contributed by atoms with Crippen molar-refractivity contribution in [1.29, 1.82) is 0 Å². The number of nitrogens with one attached hydrogen (secondary N) is 1. The van der Waals surface area contributed by atoms with E-state index in [0.717, 1.165) is 26.2 Å². The lowest BCUT2D eigenvalue weighted by Crippen LogP contribution is -2.48. The lowest BCUT2D eigenvalue weighted by atomic mass is 10.0. The Morgan fingerprint density at radius 2 is 1.94 bits per heavy atom. The van der Waals surface area contributed by atoms with Gasteiger partial charge in [0.15, 0.2) is 0 Å². The molecule has 0 aromatic rings. The maximum absolute atomic E-state index is 5.31. The van der Waals surface area contributed by atoms with Crippen LogP contribution in [0.5, 0.6) is 0 Å². The Morgan fingerprint density at radius 1 is 1.29 bits per heavy atom. The van der Waals surface area contributed by atoms with Crippen LogP contribution >= 0.6 is 0 Å². The second-order valence-electron chi connectivity index (χ2n) is 5.34. The maximum Gasteiger partial charge on any atom is 0.0620 e. The van der Waals surface area contributed by atoms with Gasteiger partial charge in [0.05, 0.1) is 6.61 Å². The van der Waals surface area contributed by atoms with E-state index in [1.54, 1.807) is 7.11 Å². The van der Waals surface area contributed by atoms with Crippen molar-refractivity contribution >= 4 is 0 Å². The van der Waals surface area contributed by atoms with E-state index in [0.29, 0.717) is 12.0 Å². The van der Waals surface area contributed by atoms with Gasteiger partial charge >= 0.3 is 0 Å². The molecule has 0 saturated carbocycles. The fraction of sp³-hybridized carbons (Fsp3) is 1.00. The monoisotopic (exact) mass is 243 g/mol. The van der Waals surface area contributed by atoms with Crippen LogP contribution in [-0.2, 0) is 4.74 Å². The summed E-state index contributed by atoms with van der Waals surface area (Å²) in [4.78, 5) is 4.98. The average molecular weight is 243 g/mol. The normalized spacial score (nSPS) is 20.1. The second-order valence-corrected chi connectivity index (χ2v) is 5.34. The van der Waals surface area contributed by atoms with E-state index in [1.807, 2.05) is 0 Å². The molecule has 17 heavy (non-hydrogen) atoms. The molecule has 1 atom stereocenters. The SMILES string of the molecule is COCC(C(C)C)N(C)CCN1CCNCC1. The molecule has 1 heterocycles. The summed E-state index contributed by atoms with van der Waals surface area (Å²) in [6, 6.07) is 0.530. The highest BCUT2D eigenvalue weighted by Gasteiger charge is 2.19. The largest absolute Gasteiger partial charge is 0.383 e. The van der Waals surface area contributed by atoms with Crippen molar-refractivity contribution in [3.8, 4) is 0 Å². The van der Waals surface area contributed by atoms with Crippen LogP contribution in [0.25, 0.3) is 0 Å². The second kappa shape index (κ2) is 8.03. The van der Waals surface area contributed by atoms with E-state index in [4.69, 9.17) is 4.74 Å². The summed E-state index contributed by atoms with van der Waals surface area (Å²) in [7, 11) is 4.01. The molecule has 0 bridgehead atoms. The van der Waals surface area contributed by atoms with E-state index in [1.165, 1.54) is 19.6 Å². The van der Waals surface area contributed by atoms with E-state index >= 15 is 0 Å². The van der Waals surface area contributed by atoms with Crippen LogP contribution in [-0.4, -0.2) is 75.9 Å². The summed E-state index contributed by atoms with van der Waals surface area (Å²) in [5.41, 5.74) is 0. The van der Waals surface area contributed by atoms with Gasteiger partial charge in [-0.1, -0.05) is 13.8 Å². The van der Waals surface area contributed by atoms with Crippen LogP contribution in [0.15, 0.2) is 0 Å². The summed E-state index contributed by atoms with van der Waals surface area (Å²) in [5.74, 6) is 0.642. The van der Waals surface area contributed by atoms with Crippen molar-refractivity contribution < 1.29 is 4.74 Å². The standard InChI is InChI=1S/C13H29N3O/c1-12(2)13(11-17-4)15(3)9-10-16-7-5-14-6-8-16/h12-14H,5-11H2,1-4H3. The fourth-order valence-corrected chi connectivity index (χ4v) is 2.40. The van der Waals surface area contributed by atoms with E-state index in [9.17, 15) is 0 Å². The van der Waals surface area contributed by atoms with Crippen molar-refractivity contribution in [1.82, 2.24) is 15.1 Å². The smallest absolute Gasteiger partial charge is 0.0620 e. The van der Waals surface area contributed by atoms with Crippen molar-refractivity contribution in [2.24, 2.45) is 5.92 Å². The number of ether oxygens (including phenoxy) is 1. The summed E-state index contributed by atoms with van der Waals surface area (Å²) < 4.78 is 5.31. The molecule has 0 aliphatic carbocycles. The Labute approximate surface area is 106 Å². The van der Waals surface area contributed by atoms with Gasteiger partial charge < -0.3 is 10.1 Å². The predicted octanol–water partition coefficient (Wildman–Crippen LogP) is 0.494. The van der Waals surface area contributed by atoms with Gasteiger partial charge in [-0.15, -0.1) is 0 Å². The third kappa shape index (κ3) is 5.34. The zero-order valence-corrected chi connectivity index (χ0v) is 11.9. The van der Waals surface area contributed by atoms with Crippen LogP contribution < -0.4 is 5.32 Å². The minimum absolute atomic E-state index is 0.530. The Hall–Kier alpha value is -0.160. The molecular formula is C13H29N3O.